The maximum absolute atomic E-state index is 4.28. The molecule has 0 spiro atoms. The fraction of sp³-hybridized carbons (Fsp3) is 0.357. The highest BCUT2D eigenvalue weighted by Crippen LogP contribution is 2.36. The van der Waals surface area contributed by atoms with Crippen LogP contribution in [-0.2, 0) is 19.9 Å². The van der Waals surface area contributed by atoms with E-state index in [0.717, 1.165) is 0 Å². The summed E-state index contributed by atoms with van der Waals surface area (Å²) >= 11 is 3.68. The Morgan fingerprint density at radius 1 is 1.24 bits per heavy atom. The van der Waals surface area contributed by atoms with Gasteiger partial charge in [0, 0.05) is 28.8 Å². The van der Waals surface area contributed by atoms with Crippen LogP contribution in [0, 0.1) is 0 Å². The second-order valence-corrected chi connectivity index (χ2v) is 5.52. The smallest absolute Gasteiger partial charge is 0.0568 e. The highest BCUT2D eigenvalue weighted by molar-refractivity contribution is 9.10. The predicted octanol–water partition coefficient (Wildman–Crippen LogP) is 3.73. The summed E-state index contributed by atoms with van der Waals surface area (Å²) in [7, 11) is 1.97. The van der Waals surface area contributed by atoms with E-state index >= 15 is 0 Å². The van der Waals surface area contributed by atoms with Crippen LogP contribution in [-0.4, -0.2) is 9.78 Å². The number of nitrogens with zero attached hydrogens (tertiary/aromatic N) is 2. The lowest BCUT2D eigenvalue weighted by Gasteiger charge is -2.20. The monoisotopic (exact) mass is 290 g/mol. The van der Waals surface area contributed by atoms with Gasteiger partial charge in [0.25, 0.3) is 0 Å². The second kappa shape index (κ2) is 4.30. The Kier molecular flexibility index (Phi) is 2.79. The van der Waals surface area contributed by atoms with Gasteiger partial charge < -0.3 is 0 Å². The number of fused-ring (bicyclic) bond motifs is 1. The molecule has 0 aliphatic heterocycles. The van der Waals surface area contributed by atoms with Crippen molar-refractivity contribution in [3.63, 3.8) is 0 Å². The quantitative estimate of drug-likeness (QED) is 0.783. The molecule has 0 fully saturated rings. The first kappa shape index (κ1) is 11.0. The third-order valence-electron chi connectivity index (χ3n) is 3.48. The molecule has 88 valence electrons. The van der Waals surface area contributed by atoms with Gasteiger partial charge in [-0.2, -0.15) is 5.10 Å². The van der Waals surface area contributed by atoms with Crippen molar-refractivity contribution < 1.29 is 0 Å². The fourth-order valence-electron chi connectivity index (χ4n) is 2.66. The molecule has 1 aromatic heterocycles. The Labute approximate surface area is 110 Å². The molecule has 1 heterocycles. The molecule has 0 atom stereocenters. The van der Waals surface area contributed by atoms with E-state index in [0.29, 0.717) is 0 Å². The van der Waals surface area contributed by atoms with Gasteiger partial charge in [-0.3, -0.25) is 4.68 Å². The van der Waals surface area contributed by atoms with Crippen LogP contribution in [0.15, 0.2) is 29.0 Å². The maximum atomic E-state index is 4.28. The number of benzene rings is 1. The number of aryl methyl sites for hydroxylation is 2. The average molecular weight is 291 g/mol. The van der Waals surface area contributed by atoms with Gasteiger partial charge >= 0.3 is 0 Å². The summed E-state index contributed by atoms with van der Waals surface area (Å²) in [5.74, 6) is 0. The minimum absolute atomic E-state index is 1.19. The second-order valence-electron chi connectivity index (χ2n) is 4.67. The molecule has 17 heavy (non-hydrogen) atoms. The van der Waals surface area contributed by atoms with E-state index in [9.17, 15) is 0 Å². The van der Waals surface area contributed by atoms with Gasteiger partial charge in [-0.15, -0.1) is 0 Å². The van der Waals surface area contributed by atoms with E-state index in [1.54, 1.807) is 0 Å². The van der Waals surface area contributed by atoms with E-state index in [1.807, 2.05) is 17.9 Å². The van der Waals surface area contributed by atoms with Crippen molar-refractivity contribution in [3.8, 4) is 11.1 Å². The number of hydrogen-bond acceptors (Lipinski definition) is 1. The van der Waals surface area contributed by atoms with Crippen LogP contribution in [0.1, 0.15) is 24.0 Å². The molecular formula is C14H15BrN2. The molecule has 1 aliphatic rings. The van der Waals surface area contributed by atoms with Crippen LogP contribution < -0.4 is 0 Å². The highest BCUT2D eigenvalue weighted by Gasteiger charge is 2.17. The summed E-state index contributed by atoms with van der Waals surface area (Å²) in [6, 6.07) is 4.44. The van der Waals surface area contributed by atoms with Crippen LogP contribution in [0.3, 0.4) is 0 Å². The Hall–Kier alpha value is -1.09. The van der Waals surface area contributed by atoms with Gasteiger partial charge in [-0.05, 0) is 42.9 Å². The third-order valence-corrected chi connectivity index (χ3v) is 4.14. The van der Waals surface area contributed by atoms with Crippen LogP contribution in [0.5, 0.6) is 0 Å². The Morgan fingerprint density at radius 2 is 2.06 bits per heavy atom. The molecule has 0 amide bonds. The van der Waals surface area contributed by atoms with Gasteiger partial charge in [-0.1, -0.05) is 22.0 Å². The van der Waals surface area contributed by atoms with E-state index in [-0.39, 0.29) is 0 Å². The standard InChI is InChI=1S/C14H15BrN2/c1-17-9-11(8-16-17)14-12-5-3-2-4-10(12)6-7-13(14)15/h6-9H,2-5H2,1H3. The zero-order valence-corrected chi connectivity index (χ0v) is 11.5. The molecule has 1 aromatic carbocycles. The molecule has 0 bridgehead atoms. The van der Waals surface area contributed by atoms with E-state index in [2.05, 4.69) is 39.4 Å². The summed E-state index contributed by atoms with van der Waals surface area (Å²) in [6.07, 6.45) is 9.08. The van der Waals surface area contributed by atoms with Gasteiger partial charge in [0.05, 0.1) is 6.20 Å². The Morgan fingerprint density at radius 3 is 2.82 bits per heavy atom. The van der Waals surface area contributed by atoms with Crippen LogP contribution in [0.2, 0.25) is 0 Å². The number of halogens is 1. The van der Waals surface area contributed by atoms with Crippen molar-refractivity contribution in [2.24, 2.45) is 7.05 Å². The summed E-state index contributed by atoms with van der Waals surface area (Å²) in [6.45, 7) is 0. The zero-order chi connectivity index (χ0) is 11.8. The van der Waals surface area contributed by atoms with E-state index in [4.69, 9.17) is 0 Å². The van der Waals surface area contributed by atoms with Crippen molar-refractivity contribution in [2.75, 3.05) is 0 Å². The lowest BCUT2D eigenvalue weighted by Crippen LogP contribution is -2.04. The molecule has 1 aliphatic carbocycles. The number of rotatable bonds is 1. The Balaban J connectivity index is 2.20. The number of aromatic nitrogens is 2. The van der Waals surface area contributed by atoms with Crippen LogP contribution in [0.4, 0.5) is 0 Å². The minimum Gasteiger partial charge on any atom is -0.275 e. The Bertz CT molecular complexity index is 557. The van der Waals surface area contributed by atoms with Crippen molar-refractivity contribution >= 4 is 15.9 Å². The van der Waals surface area contributed by atoms with Gasteiger partial charge in [0.2, 0.25) is 0 Å². The summed E-state index contributed by atoms with van der Waals surface area (Å²) in [5, 5.41) is 4.28. The normalized spacial score (nSPS) is 14.7. The molecule has 3 heteroatoms. The predicted molar refractivity (Wildman–Crippen MR) is 73.0 cm³/mol. The largest absolute Gasteiger partial charge is 0.275 e. The molecule has 2 nitrogen and oxygen atoms in total. The molecule has 0 saturated carbocycles. The van der Waals surface area contributed by atoms with E-state index in [1.165, 1.54) is 52.4 Å². The molecule has 2 aromatic rings. The SMILES string of the molecule is Cn1cc(-c2c(Br)ccc3c2CCCC3)cn1. The lowest BCUT2D eigenvalue weighted by molar-refractivity contribution is 0.686. The molecule has 0 unspecified atom stereocenters. The lowest BCUT2D eigenvalue weighted by atomic mass is 9.87. The summed E-state index contributed by atoms with van der Waals surface area (Å²) in [4.78, 5) is 0. The van der Waals surface area contributed by atoms with Crippen molar-refractivity contribution in [2.45, 2.75) is 25.7 Å². The van der Waals surface area contributed by atoms with Gasteiger partial charge in [-0.25, -0.2) is 0 Å². The highest BCUT2D eigenvalue weighted by atomic mass is 79.9. The fourth-order valence-corrected chi connectivity index (χ4v) is 3.26. The van der Waals surface area contributed by atoms with Crippen molar-refractivity contribution in [1.29, 1.82) is 0 Å². The van der Waals surface area contributed by atoms with Crippen molar-refractivity contribution in [1.82, 2.24) is 9.78 Å². The maximum Gasteiger partial charge on any atom is 0.0568 e. The minimum atomic E-state index is 1.19. The molecule has 0 saturated heterocycles. The molecule has 0 radical (unpaired) electrons. The van der Waals surface area contributed by atoms with Gasteiger partial charge in [0.1, 0.15) is 0 Å². The average Bonchev–Trinajstić information content (AvgIpc) is 2.75. The van der Waals surface area contributed by atoms with Crippen LogP contribution >= 0.6 is 15.9 Å². The zero-order valence-electron chi connectivity index (χ0n) is 9.91. The topological polar surface area (TPSA) is 17.8 Å². The summed E-state index contributed by atoms with van der Waals surface area (Å²) < 4.78 is 3.05. The molecule has 0 N–H and O–H groups in total. The van der Waals surface area contributed by atoms with Crippen molar-refractivity contribution in [3.05, 3.63) is 40.1 Å². The third kappa shape index (κ3) is 1.93. The number of hydrogen-bond donors (Lipinski definition) is 0. The van der Waals surface area contributed by atoms with Gasteiger partial charge in [0.15, 0.2) is 0 Å². The first-order valence-corrected chi connectivity index (χ1v) is 6.84. The first-order chi connectivity index (χ1) is 8.25. The van der Waals surface area contributed by atoms with Crippen LogP contribution in [0.25, 0.3) is 11.1 Å². The van der Waals surface area contributed by atoms with E-state index < -0.39 is 0 Å². The summed E-state index contributed by atoms with van der Waals surface area (Å²) in [5.41, 5.74) is 5.59. The molecule has 3 rings (SSSR count). The molecular weight excluding hydrogens is 276 g/mol. The first-order valence-electron chi connectivity index (χ1n) is 6.05.